The highest BCUT2D eigenvalue weighted by atomic mass is 32.1. The van der Waals surface area contributed by atoms with Crippen molar-refractivity contribution >= 4 is 28.1 Å². The lowest BCUT2D eigenvalue weighted by Gasteiger charge is -2.59. The highest BCUT2D eigenvalue weighted by Gasteiger charge is 2.55. The fraction of sp³-hybridized carbons (Fsp3) is 0.462. The number of nitrogens with one attached hydrogen (secondary N) is 2. The summed E-state index contributed by atoms with van der Waals surface area (Å²) in [5.74, 6) is 2.83. The van der Waals surface area contributed by atoms with E-state index in [1.54, 1.807) is 11.3 Å². The van der Waals surface area contributed by atoms with E-state index in [1.807, 2.05) is 0 Å². The molecule has 2 aliphatic carbocycles. The average Bonchev–Trinajstić information content (AvgIpc) is 3.60. The molecule has 2 aliphatic heterocycles. The quantitative estimate of drug-likeness (QED) is 0.423. The zero-order chi connectivity index (χ0) is 22.8. The number of hydrogen-bond donors (Lipinski definition) is 2. The fourth-order valence-corrected chi connectivity index (χ4v) is 8.10. The molecule has 0 spiro atoms. The molecule has 1 amide bonds. The number of fused-ring (bicyclic) bond motifs is 1. The van der Waals surface area contributed by atoms with Gasteiger partial charge in [-0.2, -0.15) is 0 Å². The van der Waals surface area contributed by atoms with Gasteiger partial charge in [-0.1, -0.05) is 25.1 Å². The normalized spacial score (nSPS) is 28.6. The monoisotopic (exact) mass is 472 g/mol. The van der Waals surface area contributed by atoms with Gasteiger partial charge in [0.05, 0.1) is 0 Å². The third-order valence-electron chi connectivity index (χ3n) is 8.56. The lowest BCUT2D eigenvalue weighted by molar-refractivity contribution is -0.152. The molecule has 3 aromatic heterocycles. The fourth-order valence-electron chi connectivity index (χ4n) is 7.34. The standard InChI is InChI=1S/C26H28N6OS/c1-14(19-13-27-20-5-2-4-18(25(19)20)22-6-3-7-34-22)8-23(33)32-17-10-15-9-16(12-17)24(21(32)11-15)26-28-30-31-29-26/h2-7,13-17,21,24,27H,8-12H2,1H3,(H,28,29,30,31). The molecule has 7 nitrogen and oxygen atoms in total. The first-order chi connectivity index (χ1) is 16.7. The Hall–Kier alpha value is -3.00. The molecule has 4 aromatic rings. The number of rotatable bonds is 5. The zero-order valence-electron chi connectivity index (χ0n) is 19.1. The number of aromatic nitrogens is 5. The van der Waals surface area contributed by atoms with Gasteiger partial charge in [-0.15, -0.1) is 16.4 Å². The van der Waals surface area contributed by atoms with Crippen molar-refractivity contribution in [1.29, 1.82) is 0 Å². The van der Waals surface area contributed by atoms with Gasteiger partial charge in [-0.05, 0) is 76.9 Å². The summed E-state index contributed by atoms with van der Waals surface area (Å²) in [5.41, 5.74) is 3.61. The van der Waals surface area contributed by atoms with Crippen LogP contribution in [-0.4, -0.2) is 48.5 Å². The van der Waals surface area contributed by atoms with Gasteiger partial charge in [0.25, 0.3) is 0 Å². The third-order valence-corrected chi connectivity index (χ3v) is 9.47. The van der Waals surface area contributed by atoms with Gasteiger partial charge in [0, 0.05) is 52.0 Å². The van der Waals surface area contributed by atoms with Crippen molar-refractivity contribution in [3.8, 4) is 10.4 Å². The van der Waals surface area contributed by atoms with Crippen molar-refractivity contribution < 1.29 is 4.79 Å². The average molecular weight is 473 g/mol. The van der Waals surface area contributed by atoms with Crippen LogP contribution in [0.4, 0.5) is 0 Å². The van der Waals surface area contributed by atoms with Crippen molar-refractivity contribution in [2.45, 2.75) is 62.9 Å². The van der Waals surface area contributed by atoms with Crippen LogP contribution in [0.5, 0.6) is 0 Å². The highest BCUT2D eigenvalue weighted by Crippen LogP contribution is 2.55. The first kappa shape index (κ1) is 20.4. The zero-order valence-corrected chi connectivity index (χ0v) is 20.0. The number of amides is 1. The van der Waals surface area contributed by atoms with Crippen LogP contribution in [0.15, 0.2) is 41.9 Å². The van der Waals surface area contributed by atoms with Gasteiger partial charge >= 0.3 is 0 Å². The number of benzene rings is 1. The molecule has 5 heterocycles. The molecule has 174 valence electrons. The van der Waals surface area contributed by atoms with Crippen LogP contribution in [-0.2, 0) is 4.79 Å². The number of nitrogens with zero attached hydrogens (tertiary/aromatic N) is 4. The summed E-state index contributed by atoms with van der Waals surface area (Å²) < 4.78 is 0. The van der Waals surface area contributed by atoms with E-state index in [1.165, 1.54) is 27.8 Å². The minimum absolute atomic E-state index is 0.130. The van der Waals surface area contributed by atoms with E-state index in [2.05, 4.69) is 79.3 Å². The van der Waals surface area contributed by atoms with Crippen molar-refractivity contribution in [1.82, 2.24) is 30.5 Å². The van der Waals surface area contributed by atoms with Crippen LogP contribution >= 0.6 is 11.3 Å². The van der Waals surface area contributed by atoms with Gasteiger partial charge in [0.1, 0.15) is 0 Å². The van der Waals surface area contributed by atoms with Crippen LogP contribution in [0, 0.1) is 11.8 Å². The Morgan fingerprint density at radius 2 is 2.15 bits per heavy atom. The molecule has 6 atom stereocenters. The second kappa shape index (κ2) is 7.77. The van der Waals surface area contributed by atoms with Crippen LogP contribution in [0.3, 0.4) is 0 Å². The van der Waals surface area contributed by atoms with Crippen molar-refractivity contribution in [3.63, 3.8) is 0 Å². The molecular weight excluding hydrogens is 444 g/mol. The molecule has 34 heavy (non-hydrogen) atoms. The molecule has 8 heteroatoms. The van der Waals surface area contributed by atoms with E-state index >= 15 is 0 Å². The highest BCUT2D eigenvalue weighted by molar-refractivity contribution is 7.13. The molecule has 6 unspecified atom stereocenters. The number of aromatic amines is 2. The van der Waals surface area contributed by atoms with Gasteiger partial charge in [-0.3, -0.25) is 4.79 Å². The van der Waals surface area contributed by atoms with E-state index in [0.717, 1.165) is 36.5 Å². The topological polar surface area (TPSA) is 90.6 Å². The summed E-state index contributed by atoms with van der Waals surface area (Å²) in [6, 6.07) is 11.3. The van der Waals surface area contributed by atoms with E-state index in [0.29, 0.717) is 18.4 Å². The Labute approximate surface area is 201 Å². The number of carbonyl (C=O) groups excluding carboxylic acids is 1. The summed E-state index contributed by atoms with van der Waals surface area (Å²) in [5, 5.41) is 18.3. The Bertz CT molecular complexity index is 1330. The van der Waals surface area contributed by atoms with E-state index < -0.39 is 0 Å². The molecule has 4 fully saturated rings. The Morgan fingerprint density at radius 3 is 2.97 bits per heavy atom. The maximum absolute atomic E-state index is 13.9. The van der Waals surface area contributed by atoms with E-state index in [4.69, 9.17) is 0 Å². The van der Waals surface area contributed by atoms with Crippen LogP contribution in [0.1, 0.15) is 62.3 Å². The minimum Gasteiger partial charge on any atom is -0.361 e. The predicted octanol–water partition coefficient (Wildman–Crippen LogP) is 5.09. The third kappa shape index (κ3) is 3.07. The molecule has 2 saturated carbocycles. The van der Waals surface area contributed by atoms with Crippen molar-refractivity contribution in [3.05, 3.63) is 53.3 Å². The largest absolute Gasteiger partial charge is 0.361 e. The van der Waals surface area contributed by atoms with Gasteiger partial charge in [0.15, 0.2) is 5.82 Å². The van der Waals surface area contributed by atoms with Crippen LogP contribution in [0.25, 0.3) is 21.3 Å². The molecule has 1 aromatic carbocycles. The minimum atomic E-state index is 0.130. The number of hydrogen-bond acceptors (Lipinski definition) is 5. The SMILES string of the molecule is CC(CC(=O)N1C2CC3CC(C2)C(c2nnn[nH]2)C1C3)c1c[nH]c2cccc(-c3cccs3)c12. The van der Waals surface area contributed by atoms with Crippen molar-refractivity contribution in [2.24, 2.45) is 11.8 Å². The molecule has 4 bridgehead atoms. The lowest BCUT2D eigenvalue weighted by atomic mass is 9.58. The number of thiophene rings is 1. The summed E-state index contributed by atoms with van der Waals surface area (Å²) in [6.07, 6.45) is 7.19. The summed E-state index contributed by atoms with van der Waals surface area (Å²) in [4.78, 5) is 20.8. The number of tetrazole rings is 1. The number of piperidine rings is 2. The Morgan fingerprint density at radius 1 is 1.21 bits per heavy atom. The lowest BCUT2D eigenvalue weighted by Crippen LogP contribution is -2.63. The smallest absolute Gasteiger partial charge is 0.223 e. The number of carbonyl (C=O) groups is 1. The summed E-state index contributed by atoms with van der Waals surface area (Å²) >= 11 is 1.76. The maximum atomic E-state index is 13.9. The first-order valence-corrected chi connectivity index (χ1v) is 13.2. The van der Waals surface area contributed by atoms with Crippen molar-refractivity contribution in [2.75, 3.05) is 0 Å². The molecule has 2 saturated heterocycles. The van der Waals surface area contributed by atoms with Crippen LogP contribution in [0.2, 0.25) is 0 Å². The Kier molecular flexibility index (Phi) is 4.65. The molecule has 8 rings (SSSR count). The second-order valence-corrected chi connectivity index (χ2v) is 11.4. The van der Waals surface area contributed by atoms with E-state index in [-0.39, 0.29) is 23.8 Å². The van der Waals surface area contributed by atoms with Crippen LogP contribution < -0.4 is 0 Å². The molecule has 2 N–H and O–H groups in total. The number of H-pyrrole nitrogens is 2. The molecular formula is C26H28N6OS. The first-order valence-electron chi connectivity index (χ1n) is 12.4. The predicted molar refractivity (Wildman–Crippen MR) is 131 cm³/mol. The maximum Gasteiger partial charge on any atom is 0.223 e. The molecule has 4 aliphatic rings. The van der Waals surface area contributed by atoms with Gasteiger partial charge in [-0.25, -0.2) is 5.10 Å². The molecule has 0 radical (unpaired) electrons. The van der Waals surface area contributed by atoms with Gasteiger partial charge in [0.2, 0.25) is 5.91 Å². The van der Waals surface area contributed by atoms with Gasteiger partial charge < -0.3 is 9.88 Å². The Balaban J connectivity index is 1.19. The summed E-state index contributed by atoms with van der Waals surface area (Å²) in [6.45, 7) is 2.20. The second-order valence-electron chi connectivity index (χ2n) is 10.5. The summed E-state index contributed by atoms with van der Waals surface area (Å²) in [7, 11) is 0. The van der Waals surface area contributed by atoms with E-state index in [9.17, 15) is 4.79 Å².